The number of carbonyl (C=O) groups is 1. The van der Waals surface area contributed by atoms with Gasteiger partial charge in [-0.2, -0.15) is 0 Å². The number of nitrogens with zero attached hydrogens (tertiary/aromatic N) is 3. The normalized spacial score (nSPS) is 18.9. The maximum atomic E-state index is 11.1. The van der Waals surface area contributed by atoms with Crippen molar-refractivity contribution in [1.29, 1.82) is 0 Å². The monoisotopic (exact) mass is 195 g/mol. The van der Waals surface area contributed by atoms with Crippen LogP contribution in [0.5, 0.6) is 0 Å². The summed E-state index contributed by atoms with van der Waals surface area (Å²) >= 11 is 0. The molecule has 1 heterocycles. The third kappa shape index (κ3) is 1.38. The Balaban J connectivity index is 2.12. The molecule has 1 aromatic heterocycles. The highest BCUT2D eigenvalue weighted by molar-refractivity contribution is 5.76. The third-order valence-electron chi connectivity index (χ3n) is 2.93. The van der Waals surface area contributed by atoms with E-state index in [0.29, 0.717) is 6.42 Å². The van der Waals surface area contributed by atoms with Crippen LogP contribution >= 0.6 is 0 Å². The van der Waals surface area contributed by atoms with Gasteiger partial charge in [0.05, 0.1) is 11.1 Å². The fourth-order valence-corrected chi connectivity index (χ4v) is 1.89. The first-order chi connectivity index (χ1) is 6.62. The van der Waals surface area contributed by atoms with E-state index in [0.717, 1.165) is 25.0 Å². The van der Waals surface area contributed by atoms with E-state index in [2.05, 4.69) is 10.3 Å². The molecule has 1 saturated carbocycles. The molecule has 14 heavy (non-hydrogen) atoms. The minimum absolute atomic E-state index is 0.510. The Morgan fingerprint density at radius 1 is 1.71 bits per heavy atom. The lowest BCUT2D eigenvalue weighted by Gasteiger charge is -2.36. The second-order valence-electron chi connectivity index (χ2n) is 4.00. The van der Waals surface area contributed by atoms with Crippen molar-refractivity contribution in [2.75, 3.05) is 0 Å². The molecule has 0 radical (unpaired) electrons. The largest absolute Gasteiger partial charge is 0.481 e. The average Bonchev–Trinajstić information content (AvgIpc) is 2.43. The summed E-state index contributed by atoms with van der Waals surface area (Å²) < 4.78 is 1.60. The number of aromatic nitrogens is 3. The highest BCUT2D eigenvalue weighted by Crippen LogP contribution is 2.43. The first kappa shape index (κ1) is 9.18. The van der Waals surface area contributed by atoms with E-state index in [-0.39, 0.29) is 0 Å². The fourth-order valence-electron chi connectivity index (χ4n) is 1.89. The van der Waals surface area contributed by atoms with Crippen molar-refractivity contribution < 1.29 is 9.90 Å². The van der Waals surface area contributed by atoms with Gasteiger partial charge < -0.3 is 5.11 Å². The molecule has 2 rings (SSSR count). The van der Waals surface area contributed by atoms with Crippen LogP contribution in [0.25, 0.3) is 0 Å². The predicted octanol–water partition coefficient (Wildman–Crippen LogP) is 0.612. The van der Waals surface area contributed by atoms with Crippen LogP contribution < -0.4 is 0 Å². The van der Waals surface area contributed by atoms with E-state index < -0.39 is 11.4 Å². The van der Waals surface area contributed by atoms with Gasteiger partial charge in [0.15, 0.2) is 0 Å². The van der Waals surface area contributed by atoms with Crippen molar-refractivity contribution >= 4 is 5.97 Å². The summed E-state index contributed by atoms with van der Waals surface area (Å²) in [6.07, 6.45) is 4.82. The molecule has 0 saturated heterocycles. The Morgan fingerprint density at radius 3 is 2.79 bits per heavy atom. The van der Waals surface area contributed by atoms with Crippen LogP contribution in [0.1, 0.15) is 25.0 Å². The van der Waals surface area contributed by atoms with Gasteiger partial charge in [-0.1, -0.05) is 11.6 Å². The van der Waals surface area contributed by atoms with E-state index in [1.165, 1.54) is 0 Å². The highest BCUT2D eigenvalue weighted by atomic mass is 16.4. The van der Waals surface area contributed by atoms with E-state index in [1.807, 2.05) is 0 Å². The number of rotatable bonds is 3. The Kier molecular flexibility index (Phi) is 2.02. The molecule has 1 aliphatic rings. The minimum atomic E-state index is -0.700. The lowest BCUT2D eigenvalue weighted by Crippen LogP contribution is -2.39. The smallest absolute Gasteiger partial charge is 0.310 e. The van der Waals surface area contributed by atoms with Crippen LogP contribution in [0, 0.1) is 5.41 Å². The molecular weight excluding hydrogens is 182 g/mol. The van der Waals surface area contributed by atoms with E-state index in [1.54, 1.807) is 17.9 Å². The van der Waals surface area contributed by atoms with Crippen molar-refractivity contribution in [2.45, 2.75) is 25.7 Å². The molecule has 0 amide bonds. The molecule has 0 spiro atoms. The zero-order chi connectivity index (χ0) is 10.2. The summed E-state index contributed by atoms with van der Waals surface area (Å²) in [5.74, 6) is -0.700. The van der Waals surface area contributed by atoms with E-state index in [4.69, 9.17) is 5.11 Å². The molecule has 76 valence electrons. The SMILES string of the molecule is Cn1cc(CC2(C(=O)O)CCC2)nn1. The number of hydrogen-bond donors (Lipinski definition) is 1. The van der Waals surface area contributed by atoms with Gasteiger partial charge in [0.1, 0.15) is 0 Å². The second kappa shape index (κ2) is 3.08. The van der Waals surface area contributed by atoms with Crippen LogP contribution in [0.15, 0.2) is 6.20 Å². The van der Waals surface area contributed by atoms with Gasteiger partial charge in [0, 0.05) is 19.7 Å². The molecule has 1 aliphatic carbocycles. The molecule has 0 unspecified atom stereocenters. The maximum Gasteiger partial charge on any atom is 0.310 e. The molecule has 0 bridgehead atoms. The van der Waals surface area contributed by atoms with Crippen LogP contribution in [-0.2, 0) is 18.3 Å². The summed E-state index contributed by atoms with van der Waals surface area (Å²) in [4.78, 5) is 11.1. The van der Waals surface area contributed by atoms with Crippen molar-refractivity contribution in [1.82, 2.24) is 15.0 Å². The Labute approximate surface area is 81.7 Å². The van der Waals surface area contributed by atoms with Crippen molar-refractivity contribution in [3.63, 3.8) is 0 Å². The zero-order valence-corrected chi connectivity index (χ0v) is 8.10. The third-order valence-corrected chi connectivity index (χ3v) is 2.93. The number of aliphatic carboxylic acids is 1. The zero-order valence-electron chi connectivity index (χ0n) is 8.10. The summed E-state index contributed by atoms with van der Waals surface area (Å²) in [7, 11) is 1.78. The lowest BCUT2D eigenvalue weighted by atomic mass is 9.66. The summed E-state index contributed by atoms with van der Waals surface area (Å²) in [5.41, 5.74) is 0.213. The van der Waals surface area contributed by atoms with Gasteiger partial charge in [0.25, 0.3) is 0 Å². The van der Waals surface area contributed by atoms with Gasteiger partial charge in [-0.15, -0.1) is 5.10 Å². The number of aryl methyl sites for hydroxylation is 1. The van der Waals surface area contributed by atoms with Crippen LogP contribution in [0.4, 0.5) is 0 Å². The lowest BCUT2D eigenvalue weighted by molar-refractivity contribution is -0.154. The Morgan fingerprint density at radius 2 is 2.43 bits per heavy atom. The Bertz CT molecular complexity index is 355. The molecule has 1 N–H and O–H groups in total. The first-order valence-corrected chi connectivity index (χ1v) is 4.71. The van der Waals surface area contributed by atoms with Gasteiger partial charge >= 0.3 is 5.97 Å². The van der Waals surface area contributed by atoms with Crippen LogP contribution in [-0.4, -0.2) is 26.1 Å². The van der Waals surface area contributed by atoms with Crippen molar-refractivity contribution in [3.8, 4) is 0 Å². The number of carboxylic acids is 1. The molecule has 1 aromatic rings. The molecule has 0 atom stereocenters. The molecule has 0 aliphatic heterocycles. The first-order valence-electron chi connectivity index (χ1n) is 4.71. The van der Waals surface area contributed by atoms with Crippen molar-refractivity contribution in [2.24, 2.45) is 12.5 Å². The topological polar surface area (TPSA) is 68.0 Å². The standard InChI is InChI=1S/C9H13N3O2/c1-12-6-7(10-11-12)5-9(8(13)14)3-2-4-9/h6H,2-5H2,1H3,(H,13,14). The molecular formula is C9H13N3O2. The van der Waals surface area contributed by atoms with Crippen LogP contribution in [0.2, 0.25) is 0 Å². The Hall–Kier alpha value is -1.39. The van der Waals surface area contributed by atoms with Gasteiger partial charge in [-0.3, -0.25) is 9.48 Å². The second-order valence-corrected chi connectivity index (χ2v) is 4.00. The number of carboxylic acid groups (broad SMARTS) is 1. The average molecular weight is 195 g/mol. The van der Waals surface area contributed by atoms with E-state index in [9.17, 15) is 4.79 Å². The maximum absolute atomic E-state index is 11.1. The molecule has 5 heteroatoms. The molecule has 5 nitrogen and oxygen atoms in total. The summed E-state index contributed by atoms with van der Waals surface area (Å²) in [6.45, 7) is 0. The van der Waals surface area contributed by atoms with Crippen LogP contribution in [0.3, 0.4) is 0 Å². The quantitative estimate of drug-likeness (QED) is 0.767. The van der Waals surface area contributed by atoms with Gasteiger partial charge in [-0.25, -0.2) is 0 Å². The predicted molar refractivity (Wildman–Crippen MR) is 48.6 cm³/mol. The fraction of sp³-hybridized carbons (Fsp3) is 0.667. The molecule has 1 fully saturated rings. The molecule has 0 aromatic carbocycles. The van der Waals surface area contributed by atoms with Gasteiger partial charge in [-0.05, 0) is 12.8 Å². The summed E-state index contributed by atoms with van der Waals surface area (Å²) in [6, 6.07) is 0. The van der Waals surface area contributed by atoms with E-state index >= 15 is 0 Å². The van der Waals surface area contributed by atoms with Gasteiger partial charge in [0.2, 0.25) is 0 Å². The minimum Gasteiger partial charge on any atom is -0.481 e. The highest BCUT2D eigenvalue weighted by Gasteiger charge is 2.44. The number of hydrogen-bond acceptors (Lipinski definition) is 3. The summed E-state index contributed by atoms with van der Waals surface area (Å²) in [5, 5.41) is 16.8. The van der Waals surface area contributed by atoms with Crippen molar-refractivity contribution in [3.05, 3.63) is 11.9 Å².